The van der Waals surface area contributed by atoms with Gasteiger partial charge in [0.2, 0.25) is 5.91 Å². The van der Waals surface area contributed by atoms with Gasteiger partial charge >= 0.3 is 0 Å². The quantitative estimate of drug-likeness (QED) is 0.721. The zero-order chi connectivity index (χ0) is 18.1. The first-order valence-corrected chi connectivity index (χ1v) is 9.46. The van der Waals surface area contributed by atoms with Gasteiger partial charge in [0.15, 0.2) is 6.54 Å². The second-order valence-electron chi connectivity index (χ2n) is 7.16. The van der Waals surface area contributed by atoms with Crippen LogP contribution in [0.25, 0.3) is 0 Å². The summed E-state index contributed by atoms with van der Waals surface area (Å²) in [6.07, 6.45) is 4.38. The minimum atomic E-state index is -0.0748. The van der Waals surface area contributed by atoms with Gasteiger partial charge in [-0.25, -0.2) is 0 Å². The molecule has 1 fully saturated rings. The Kier molecular flexibility index (Phi) is 7.92. The van der Waals surface area contributed by atoms with Crippen LogP contribution in [0.1, 0.15) is 31.7 Å². The predicted molar refractivity (Wildman–Crippen MR) is 99.4 cm³/mol. The van der Waals surface area contributed by atoms with E-state index in [0.29, 0.717) is 13.1 Å². The minimum absolute atomic E-state index is 0.0585. The zero-order valence-corrected chi connectivity index (χ0v) is 15.6. The monoisotopic (exact) mass is 346 g/mol. The van der Waals surface area contributed by atoms with Gasteiger partial charge in [-0.15, -0.1) is 0 Å². The molecule has 5 nitrogen and oxygen atoms in total. The lowest BCUT2D eigenvalue weighted by molar-refractivity contribution is -0.898. The Balaban J connectivity index is 1.68. The average molecular weight is 346 g/mol. The summed E-state index contributed by atoms with van der Waals surface area (Å²) < 4.78 is 0. The number of nitrogens with one attached hydrogen (secondary N) is 2. The first-order chi connectivity index (χ1) is 12.1. The summed E-state index contributed by atoms with van der Waals surface area (Å²) in [4.78, 5) is 26.9. The van der Waals surface area contributed by atoms with Crippen LogP contribution < -0.4 is 10.2 Å². The van der Waals surface area contributed by atoms with Crippen LogP contribution in [0, 0.1) is 5.92 Å². The van der Waals surface area contributed by atoms with E-state index in [9.17, 15) is 9.59 Å². The smallest absolute Gasteiger partial charge is 0.277 e. The van der Waals surface area contributed by atoms with Crippen molar-refractivity contribution >= 4 is 11.8 Å². The average Bonchev–Trinajstić information content (AvgIpc) is 2.62. The second-order valence-corrected chi connectivity index (χ2v) is 7.16. The Bertz CT molecular complexity index is 539. The summed E-state index contributed by atoms with van der Waals surface area (Å²) in [6.45, 7) is 5.41. The van der Waals surface area contributed by atoms with Gasteiger partial charge in [-0.05, 0) is 37.2 Å². The molecule has 5 heteroatoms. The molecule has 0 aromatic heterocycles. The summed E-state index contributed by atoms with van der Waals surface area (Å²) in [5, 5.41) is 2.81. The van der Waals surface area contributed by atoms with E-state index in [1.54, 1.807) is 11.9 Å². The number of piperidine rings is 1. The molecule has 25 heavy (non-hydrogen) atoms. The highest BCUT2D eigenvalue weighted by atomic mass is 16.2. The van der Waals surface area contributed by atoms with Crippen LogP contribution in [0.2, 0.25) is 0 Å². The fourth-order valence-electron chi connectivity index (χ4n) is 3.39. The fourth-order valence-corrected chi connectivity index (χ4v) is 3.39. The lowest BCUT2D eigenvalue weighted by atomic mass is 9.90. The van der Waals surface area contributed by atoms with E-state index in [4.69, 9.17) is 0 Å². The van der Waals surface area contributed by atoms with Gasteiger partial charge in [0, 0.05) is 13.6 Å². The number of carbonyl (C=O) groups excluding carboxylic acids is 2. The van der Waals surface area contributed by atoms with Crippen molar-refractivity contribution in [1.82, 2.24) is 10.2 Å². The Labute approximate surface area is 151 Å². The third-order valence-corrected chi connectivity index (χ3v) is 4.96. The molecule has 2 N–H and O–H groups in total. The van der Waals surface area contributed by atoms with Gasteiger partial charge < -0.3 is 15.1 Å². The predicted octanol–water partition coefficient (Wildman–Crippen LogP) is 0.509. The number of hydrogen-bond acceptors (Lipinski definition) is 2. The van der Waals surface area contributed by atoms with Crippen molar-refractivity contribution in [3.05, 3.63) is 35.9 Å². The lowest BCUT2D eigenvalue weighted by Crippen LogP contribution is -3.14. The molecule has 0 unspecified atom stereocenters. The number of amides is 2. The Morgan fingerprint density at radius 1 is 1.20 bits per heavy atom. The largest absolute Gasteiger partial charge is 0.355 e. The highest BCUT2D eigenvalue weighted by molar-refractivity contribution is 5.84. The number of rotatable bonds is 8. The third-order valence-electron chi connectivity index (χ3n) is 4.96. The third kappa shape index (κ3) is 6.86. The molecule has 1 saturated heterocycles. The van der Waals surface area contributed by atoms with Crippen molar-refractivity contribution in [1.29, 1.82) is 0 Å². The van der Waals surface area contributed by atoms with Crippen LogP contribution in [0.15, 0.2) is 30.3 Å². The van der Waals surface area contributed by atoms with Crippen LogP contribution in [-0.2, 0) is 16.0 Å². The highest BCUT2D eigenvalue weighted by Gasteiger charge is 2.25. The number of nitrogens with zero attached hydrogens (tertiary/aromatic N) is 1. The zero-order valence-electron chi connectivity index (χ0n) is 15.6. The summed E-state index contributed by atoms with van der Waals surface area (Å²) in [5.41, 5.74) is 1.41. The van der Waals surface area contributed by atoms with Crippen LogP contribution in [0.4, 0.5) is 0 Å². The molecule has 0 atom stereocenters. The summed E-state index contributed by atoms with van der Waals surface area (Å²) in [6, 6.07) is 10.6. The van der Waals surface area contributed by atoms with Gasteiger partial charge in [-0.1, -0.05) is 37.3 Å². The Hall–Kier alpha value is -1.88. The van der Waals surface area contributed by atoms with Gasteiger partial charge in [-0.3, -0.25) is 9.59 Å². The number of likely N-dealkylation sites (N-methyl/N-ethyl adjacent to an activating group) is 1. The van der Waals surface area contributed by atoms with E-state index in [1.165, 1.54) is 10.5 Å². The molecule has 0 spiro atoms. The molecule has 2 amide bonds. The van der Waals surface area contributed by atoms with Crippen LogP contribution in [0.3, 0.4) is 0 Å². The molecule has 0 aliphatic carbocycles. The van der Waals surface area contributed by atoms with Crippen molar-refractivity contribution in [2.45, 2.75) is 32.6 Å². The number of carbonyl (C=O) groups is 2. The van der Waals surface area contributed by atoms with Crippen LogP contribution in [0.5, 0.6) is 0 Å². The minimum Gasteiger partial charge on any atom is -0.355 e. The maximum absolute atomic E-state index is 12.3. The van der Waals surface area contributed by atoms with Crippen molar-refractivity contribution in [2.24, 2.45) is 5.92 Å². The summed E-state index contributed by atoms with van der Waals surface area (Å²) in [5.74, 6) is 0.705. The highest BCUT2D eigenvalue weighted by Crippen LogP contribution is 2.16. The number of likely N-dealkylation sites (tertiary alicyclic amines) is 1. The lowest BCUT2D eigenvalue weighted by Gasteiger charge is -2.30. The molecule has 1 aliphatic rings. The molecule has 1 aliphatic heterocycles. The van der Waals surface area contributed by atoms with Gasteiger partial charge in [-0.2, -0.15) is 0 Å². The molecule has 2 rings (SSSR count). The van der Waals surface area contributed by atoms with Crippen molar-refractivity contribution in [3.63, 3.8) is 0 Å². The first kappa shape index (κ1) is 19.4. The van der Waals surface area contributed by atoms with Crippen LogP contribution >= 0.6 is 0 Å². The van der Waals surface area contributed by atoms with Crippen molar-refractivity contribution < 1.29 is 14.5 Å². The summed E-state index contributed by atoms with van der Waals surface area (Å²) in [7, 11) is 1.72. The molecular weight excluding hydrogens is 314 g/mol. The molecule has 0 saturated carbocycles. The van der Waals surface area contributed by atoms with E-state index in [2.05, 4.69) is 35.6 Å². The normalized spacial score (nSPS) is 20.1. The maximum atomic E-state index is 12.3. The van der Waals surface area contributed by atoms with Crippen molar-refractivity contribution in [3.8, 4) is 0 Å². The van der Waals surface area contributed by atoms with E-state index in [-0.39, 0.29) is 18.4 Å². The SMILES string of the molecule is CCCNC(=O)CN(C)C(=O)C[NH+]1CCC(Cc2ccccc2)CC1. The fraction of sp³-hybridized carbons (Fsp3) is 0.600. The van der Waals surface area contributed by atoms with E-state index in [1.807, 2.05) is 6.92 Å². The van der Waals surface area contributed by atoms with Gasteiger partial charge in [0.1, 0.15) is 0 Å². The standard InChI is InChI=1S/C20H31N3O2/c1-3-11-21-19(24)15-22(2)20(25)16-23-12-9-18(10-13-23)14-17-7-5-4-6-8-17/h4-8,18H,3,9-16H2,1-2H3,(H,21,24)/p+1. The molecule has 1 heterocycles. The number of quaternary nitrogens is 1. The molecule has 1 aromatic rings. The Morgan fingerprint density at radius 2 is 1.88 bits per heavy atom. The molecule has 138 valence electrons. The van der Waals surface area contributed by atoms with E-state index < -0.39 is 0 Å². The Morgan fingerprint density at radius 3 is 2.52 bits per heavy atom. The number of benzene rings is 1. The first-order valence-electron chi connectivity index (χ1n) is 9.46. The number of hydrogen-bond donors (Lipinski definition) is 2. The van der Waals surface area contributed by atoms with Gasteiger partial charge in [0.25, 0.3) is 5.91 Å². The second kappa shape index (κ2) is 10.2. The van der Waals surface area contributed by atoms with E-state index in [0.717, 1.165) is 44.7 Å². The molecule has 1 aromatic carbocycles. The molecule has 0 bridgehead atoms. The van der Waals surface area contributed by atoms with Crippen LogP contribution in [-0.4, -0.2) is 56.5 Å². The van der Waals surface area contributed by atoms with Gasteiger partial charge in [0.05, 0.1) is 19.6 Å². The maximum Gasteiger partial charge on any atom is 0.277 e. The molecular formula is C20H32N3O2+. The topological polar surface area (TPSA) is 53.9 Å². The molecule has 0 radical (unpaired) electrons. The summed E-state index contributed by atoms with van der Waals surface area (Å²) >= 11 is 0. The van der Waals surface area contributed by atoms with Crippen molar-refractivity contribution in [2.75, 3.05) is 39.8 Å². The van der Waals surface area contributed by atoms with E-state index >= 15 is 0 Å².